The fraction of sp³-hybridized carbons (Fsp3) is 0.588. The molecule has 0 N–H and O–H groups in total. The van der Waals surface area contributed by atoms with Gasteiger partial charge in [0.2, 0.25) is 5.75 Å². The Hall–Kier alpha value is -1.71. The molecule has 0 spiro atoms. The quantitative estimate of drug-likeness (QED) is 0.806. The molecule has 1 aromatic carbocycles. The van der Waals surface area contributed by atoms with Crippen LogP contribution in [0.5, 0.6) is 17.2 Å². The van der Waals surface area contributed by atoms with Crippen LogP contribution in [0.1, 0.15) is 38.2 Å². The molecule has 1 saturated carbocycles. The van der Waals surface area contributed by atoms with Crippen LogP contribution in [0.3, 0.4) is 0 Å². The Kier molecular flexibility index (Phi) is 5.48. The monoisotopic (exact) mass is 292 g/mol. The first-order valence-corrected chi connectivity index (χ1v) is 7.60. The van der Waals surface area contributed by atoms with Crippen molar-refractivity contribution in [1.29, 1.82) is 0 Å². The van der Waals surface area contributed by atoms with Crippen molar-refractivity contribution in [1.82, 2.24) is 0 Å². The second kappa shape index (κ2) is 7.34. The molecule has 1 aromatic rings. The summed E-state index contributed by atoms with van der Waals surface area (Å²) in [6.07, 6.45) is 4.62. The van der Waals surface area contributed by atoms with Gasteiger partial charge in [-0.15, -0.1) is 0 Å². The van der Waals surface area contributed by atoms with E-state index in [1.54, 1.807) is 14.2 Å². The topological polar surface area (TPSA) is 44.8 Å². The molecule has 0 bridgehead atoms. The Labute approximate surface area is 126 Å². The number of carbonyl (C=O) groups is 1. The Morgan fingerprint density at radius 2 is 1.81 bits per heavy atom. The molecule has 0 saturated heterocycles. The van der Waals surface area contributed by atoms with Crippen LogP contribution in [-0.2, 0) is 11.2 Å². The first-order valence-electron chi connectivity index (χ1n) is 7.60. The van der Waals surface area contributed by atoms with Gasteiger partial charge in [0.1, 0.15) is 5.78 Å². The lowest BCUT2D eigenvalue weighted by Crippen LogP contribution is -2.21. The maximum absolute atomic E-state index is 12.0. The van der Waals surface area contributed by atoms with E-state index in [-0.39, 0.29) is 5.92 Å². The molecule has 4 nitrogen and oxygen atoms in total. The van der Waals surface area contributed by atoms with Crippen molar-refractivity contribution in [3.05, 3.63) is 17.7 Å². The largest absolute Gasteiger partial charge is 0.493 e. The minimum Gasteiger partial charge on any atom is -0.493 e. The average Bonchev–Trinajstić information content (AvgIpc) is 2.50. The second-order valence-corrected chi connectivity index (χ2v) is 5.38. The zero-order chi connectivity index (χ0) is 15.2. The number of methoxy groups -OCH3 is 2. The minimum atomic E-state index is 0.131. The summed E-state index contributed by atoms with van der Waals surface area (Å²) in [6.45, 7) is 2.47. The lowest BCUT2D eigenvalue weighted by atomic mass is 9.83. The highest BCUT2D eigenvalue weighted by molar-refractivity contribution is 5.82. The summed E-state index contributed by atoms with van der Waals surface area (Å²) in [7, 11) is 3.24. The summed E-state index contributed by atoms with van der Waals surface area (Å²) < 4.78 is 16.4. The number of Topliss-reactive ketones (excluding diaryl/α,β-unsaturated/α-hetero) is 1. The molecule has 0 aliphatic heterocycles. The van der Waals surface area contributed by atoms with Crippen molar-refractivity contribution in [2.24, 2.45) is 5.92 Å². The van der Waals surface area contributed by atoms with Gasteiger partial charge in [-0.1, -0.05) is 6.42 Å². The minimum absolute atomic E-state index is 0.131. The third-order valence-electron chi connectivity index (χ3n) is 3.97. The molecule has 4 heteroatoms. The normalized spacial score (nSPS) is 18.4. The van der Waals surface area contributed by atoms with Crippen LogP contribution in [-0.4, -0.2) is 26.6 Å². The predicted molar refractivity (Wildman–Crippen MR) is 81.4 cm³/mol. The van der Waals surface area contributed by atoms with Crippen molar-refractivity contribution < 1.29 is 19.0 Å². The van der Waals surface area contributed by atoms with Gasteiger partial charge < -0.3 is 14.2 Å². The third-order valence-corrected chi connectivity index (χ3v) is 3.97. The molecular weight excluding hydrogens is 268 g/mol. The van der Waals surface area contributed by atoms with Crippen LogP contribution < -0.4 is 14.2 Å². The first kappa shape index (κ1) is 15.7. The highest BCUT2D eigenvalue weighted by Crippen LogP contribution is 2.39. The van der Waals surface area contributed by atoms with Crippen molar-refractivity contribution >= 4 is 5.78 Å². The molecule has 1 fully saturated rings. The van der Waals surface area contributed by atoms with Crippen LogP contribution >= 0.6 is 0 Å². The van der Waals surface area contributed by atoms with E-state index in [0.29, 0.717) is 29.6 Å². The molecule has 1 unspecified atom stereocenters. The van der Waals surface area contributed by atoms with Gasteiger partial charge in [-0.05, 0) is 43.9 Å². The van der Waals surface area contributed by atoms with Gasteiger partial charge in [0.25, 0.3) is 0 Å². The maximum atomic E-state index is 12.0. The van der Waals surface area contributed by atoms with Crippen LogP contribution in [0.2, 0.25) is 0 Å². The number of hydrogen-bond donors (Lipinski definition) is 0. The van der Waals surface area contributed by atoms with E-state index in [1.165, 1.54) is 0 Å². The van der Waals surface area contributed by atoms with Crippen molar-refractivity contribution in [3.8, 4) is 17.2 Å². The molecule has 1 aliphatic carbocycles. The smallest absolute Gasteiger partial charge is 0.203 e. The molecular formula is C17H24O4. The summed E-state index contributed by atoms with van der Waals surface area (Å²) in [4.78, 5) is 12.0. The van der Waals surface area contributed by atoms with Crippen molar-refractivity contribution in [2.75, 3.05) is 20.8 Å². The van der Waals surface area contributed by atoms with Crippen LogP contribution in [0.4, 0.5) is 0 Å². The zero-order valence-corrected chi connectivity index (χ0v) is 13.1. The zero-order valence-electron chi connectivity index (χ0n) is 13.1. The lowest BCUT2D eigenvalue weighted by molar-refractivity contribution is -0.124. The first-order chi connectivity index (χ1) is 10.2. The molecule has 1 aliphatic rings. The van der Waals surface area contributed by atoms with Crippen LogP contribution in [0.15, 0.2) is 12.1 Å². The van der Waals surface area contributed by atoms with Crippen molar-refractivity contribution in [2.45, 2.75) is 39.0 Å². The van der Waals surface area contributed by atoms with E-state index in [1.807, 2.05) is 19.1 Å². The van der Waals surface area contributed by atoms with E-state index in [4.69, 9.17) is 14.2 Å². The number of ketones is 1. The number of ether oxygens (including phenoxy) is 3. The Balaban J connectivity index is 2.25. The molecule has 2 rings (SSSR count). The van der Waals surface area contributed by atoms with Gasteiger partial charge in [-0.25, -0.2) is 0 Å². The van der Waals surface area contributed by atoms with E-state index in [2.05, 4.69) is 0 Å². The molecule has 1 atom stereocenters. The molecule has 0 heterocycles. The highest BCUT2D eigenvalue weighted by Gasteiger charge is 2.23. The standard InChI is InChI=1S/C17H24O4/c1-4-21-17-15(19-2)10-12(11-16(17)20-3)9-13-7-5-6-8-14(13)18/h10-11,13H,4-9H2,1-3H3. The van der Waals surface area contributed by atoms with E-state index in [0.717, 1.165) is 37.7 Å². The lowest BCUT2D eigenvalue weighted by Gasteiger charge is -2.21. The summed E-state index contributed by atoms with van der Waals surface area (Å²) in [5.74, 6) is 2.46. The number of carbonyl (C=O) groups excluding carboxylic acids is 1. The molecule has 0 aromatic heterocycles. The van der Waals surface area contributed by atoms with Gasteiger partial charge in [-0.2, -0.15) is 0 Å². The number of rotatable bonds is 6. The van der Waals surface area contributed by atoms with Crippen LogP contribution in [0, 0.1) is 5.92 Å². The van der Waals surface area contributed by atoms with Crippen molar-refractivity contribution in [3.63, 3.8) is 0 Å². The SMILES string of the molecule is CCOc1c(OC)cc(CC2CCCCC2=O)cc1OC. The molecule has 0 amide bonds. The maximum Gasteiger partial charge on any atom is 0.203 e. The molecule has 0 radical (unpaired) electrons. The highest BCUT2D eigenvalue weighted by atomic mass is 16.5. The Morgan fingerprint density at radius 3 is 2.33 bits per heavy atom. The average molecular weight is 292 g/mol. The molecule has 116 valence electrons. The van der Waals surface area contributed by atoms with Gasteiger partial charge in [-0.3, -0.25) is 4.79 Å². The summed E-state index contributed by atoms with van der Waals surface area (Å²) in [5, 5.41) is 0. The fourth-order valence-electron chi connectivity index (χ4n) is 2.89. The number of hydrogen-bond acceptors (Lipinski definition) is 4. The predicted octanol–water partition coefficient (Wildman–Crippen LogP) is 3.40. The van der Waals surface area contributed by atoms with Gasteiger partial charge in [0.15, 0.2) is 11.5 Å². The van der Waals surface area contributed by atoms with E-state index in [9.17, 15) is 4.79 Å². The van der Waals surface area contributed by atoms with Gasteiger partial charge in [0.05, 0.1) is 20.8 Å². The summed E-state index contributed by atoms with van der Waals surface area (Å²) in [5.41, 5.74) is 1.06. The molecule has 21 heavy (non-hydrogen) atoms. The van der Waals surface area contributed by atoms with E-state index >= 15 is 0 Å². The van der Waals surface area contributed by atoms with Gasteiger partial charge >= 0.3 is 0 Å². The van der Waals surface area contributed by atoms with Gasteiger partial charge in [0, 0.05) is 12.3 Å². The number of benzene rings is 1. The van der Waals surface area contributed by atoms with E-state index < -0.39 is 0 Å². The fourth-order valence-corrected chi connectivity index (χ4v) is 2.89. The third kappa shape index (κ3) is 3.69. The van der Waals surface area contributed by atoms with Crippen LogP contribution in [0.25, 0.3) is 0 Å². The Bertz CT molecular complexity index is 471. The summed E-state index contributed by atoms with van der Waals surface area (Å²) in [6, 6.07) is 3.91. The second-order valence-electron chi connectivity index (χ2n) is 5.38. The Morgan fingerprint density at radius 1 is 1.14 bits per heavy atom. The summed E-state index contributed by atoms with van der Waals surface area (Å²) >= 11 is 0.